The monoisotopic (exact) mass is 188 g/mol. The van der Waals surface area contributed by atoms with Crippen molar-refractivity contribution in [3.8, 4) is 0 Å². The molecule has 1 fully saturated rings. The van der Waals surface area contributed by atoms with E-state index in [2.05, 4.69) is 6.92 Å². The van der Waals surface area contributed by atoms with Crippen molar-refractivity contribution >= 4 is 13.3 Å². The van der Waals surface area contributed by atoms with E-state index in [1.165, 1.54) is 18.9 Å². The lowest BCUT2D eigenvalue weighted by Gasteiger charge is -2.03. The van der Waals surface area contributed by atoms with Crippen molar-refractivity contribution < 1.29 is 4.39 Å². The maximum absolute atomic E-state index is 13.5. The van der Waals surface area contributed by atoms with Crippen molar-refractivity contribution in [2.24, 2.45) is 5.92 Å². The highest BCUT2D eigenvalue weighted by Gasteiger charge is 2.38. The van der Waals surface area contributed by atoms with Gasteiger partial charge in [-0.2, -0.15) is 0 Å². The summed E-state index contributed by atoms with van der Waals surface area (Å²) in [7, 11) is 5.50. The van der Waals surface area contributed by atoms with Crippen LogP contribution in [0.15, 0.2) is 18.2 Å². The molecule has 2 rings (SSSR count). The second kappa shape index (κ2) is 3.76. The Bertz CT molecular complexity index is 335. The minimum Gasteiger partial charge on any atom is -0.207 e. The van der Waals surface area contributed by atoms with Crippen molar-refractivity contribution in [3.63, 3.8) is 0 Å². The van der Waals surface area contributed by atoms with Gasteiger partial charge in [-0.25, -0.2) is 4.39 Å². The van der Waals surface area contributed by atoms with Crippen LogP contribution in [0.3, 0.4) is 0 Å². The van der Waals surface area contributed by atoms with Gasteiger partial charge in [0.1, 0.15) is 13.7 Å². The topological polar surface area (TPSA) is 0 Å². The lowest BCUT2D eigenvalue weighted by atomic mass is 9.93. The van der Waals surface area contributed by atoms with Crippen LogP contribution >= 0.6 is 0 Å². The first-order chi connectivity index (χ1) is 6.72. The van der Waals surface area contributed by atoms with E-state index in [0.717, 1.165) is 12.0 Å². The molecule has 1 aliphatic carbocycles. The molecule has 0 saturated heterocycles. The molecule has 1 saturated carbocycles. The molecule has 0 heterocycles. The summed E-state index contributed by atoms with van der Waals surface area (Å²) in [6.45, 7) is 2.18. The molecular weight excluding hydrogens is 174 g/mol. The Morgan fingerprint density at radius 2 is 2.29 bits per heavy atom. The number of hydrogen-bond donors (Lipinski definition) is 0. The molecular formula is C12H14BF. The van der Waals surface area contributed by atoms with Crippen molar-refractivity contribution in [3.05, 3.63) is 29.6 Å². The van der Waals surface area contributed by atoms with Crippen molar-refractivity contribution in [2.45, 2.75) is 32.1 Å². The van der Waals surface area contributed by atoms with Gasteiger partial charge in [-0.15, -0.1) is 0 Å². The van der Waals surface area contributed by atoms with E-state index in [-0.39, 0.29) is 5.82 Å². The van der Waals surface area contributed by atoms with Crippen molar-refractivity contribution in [1.29, 1.82) is 0 Å². The molecule has 2 atom stereocenters. The molecule has 14 heavy (non-hydrogen) atoms. The van der Waals surface area contributed by atoms with Crippen LogP contribution in [0.5, 0.6) is 0 Å². The highest BCUT2D eigenvalue weighted by molar-refractivity contribution is 6.32. The van der Waals surface area contributed by atoms with Gasteiger partial charge in [0.15, 0.2) is 0 Å². The Hall–Kier alpha value is -0.785. The summed E-state index contributed by atoms with van der Waals surface area (Å²) < 4.78 is 13.5. The first kappa shape index (κ1) is 9.76. The Kier molecular flexibility index (Phi) is 2.62. The fraction of sp³-hybridized carbons (Fsp3) is 0.500. The van der Waals surface area contributed by atoms with Gasteiger partial charge in [0.05, 0.1) is 0 Å². The van der Waals surface area contributed by atoms with Gasteiger partial charge in [0.25, 0.3) is 0 Å². The summed E-state index contributed by atoms with van der Waals surface area (Å²) in [5.74, 6) is 1.03. The lowest BCUT2D eigenvalue weighted by molar-refractivity contribution is 0.601. The average molecular weight is 188 g/mol. The Labute approximate surface area is 85.9 Å². The molecule has 1 aromatic carbocycles. The third-order valence-corrected chi connectivity index (χ3v) is 3.01. The summed E-state index contributed by atoms with van der Waals surface area (Å²) in [4.78, 5) is 0. The summed E-state index contributed by atoms with van der Waals surface area (Å²) in [5.41, 5.74) is 1.37. The van der Waals surface area contributed by atoms with Gasteiger partial charge >= 0.3 is 0 Å². The molecule has 2 heteroatoms. The first-order valence-corrected chi connectivity index (χ1v) is 5.27. The molecule has 72 valence electrons. The van der Waals surface area contributed by atoms with Crippen LogP contribution in [0.1, 0.15) is 37.7 Å². The van der Waals surface area contributed by atoms with Crippen LogP contribution in [0.25, 0.3) is 0 Å². The maximum Gasteiger partial charge on any atom is 0.126 e. The van der Waals surface area contributed by atoms with Crippen LogP contribution in [0.4, 0.5) is 4.39 Å². The highest BCUT2D eigenvalue weighted by Crippen LogP contribution is 2.50. The van der Waals surface area contributed by atoms with E-state index in [9.17, 15) is 4.39 Å². The third-order valence-electron chi connectivity index (χ3n) is 3.01. The lowest BCUT2D eigenvalue weighted by Crippen LogP contribution is -2.04. The molecule has 0 N–H and O–H groups in total. The number of hydrogen-bond acceptors (Lipinski definition) is 0. The van der Waals surface area contributed by atoms with Gasteiger partial charge < -0.3 is 0 Å². The Morgan fingerprint density at radius 1 is 1.50 bits per heavy atom. The Balaban J connectivity index is 2.11. The fourth-order valence-electron chi connectivity index (χ4n) is 2.16. The fourth-order valence-corrected chi connectivity index (χ4v) is 2.16. The van der Waals surface area contributed by atoms with Gasteiger partial charge in [-0.1, -0.05) is 37.4 Å². The first-order valence-electron chi connectivity index (χ1n) is 5.27. The predicted octanol–water partition coefficient (Wildman–Crippen LogP) is 2.52. The molecule has 0 amide bonds. The summed E-state index contributed by atoms with van der Waals surface area (Å²) >= 11 is 0. The zero-order valence-electron chi connectivity index (χ0n) is 8.46. The molecule has 2 radical (unpaired) electrons. The summed E-state index contributed by atoms with van der Waals surface area (Å²) in [6.07, 6.45) is 3.56. The molecule has 0 aliphatic heterocycles. The quantitative estimate of drug-likeness (QED) is 0.639. The summed E-state index contributed by atoms with van der Waals surface area (Å²) in [5, 5.41) is 0. The molecule has 2 unspecified atom stereocenters. The van der Waals surface area contributed by atoms with Gasteiger partial charge in [0.2, 0.25) is 0 Å². The molecule has 0 spiro atoms. The number of rotatable bonds is 3. The second-order valence-corrected chi connectivity index (χ2v) is 4.17. The minimum atomic E-state index is -0.131. The van der Waals surface area contributed by atoms with E-state index in [0.29, 0.717) is 17.3 Å². The SMILES string of the molecule is [B]c1ccc(C2CC2CCC)c(F)c1. The Morgan fingerprint density at radius 3 is 2.93 bits per heavy atom. The molecule has 0 aromatic heterocycles. The van der Waals surface area contributed by atoms with E-state index in [4.69, 9.17) is 7.85 Å². The third kappa shape index (κ3) is 1.84. The van der Waals surface area contributed by atoms with Gasteiger partial charge in [-0.05, 0) is 29.9 Å². The molecule has 0 nitrogen and oxygen atoms in total. The van der Waals surface area contributed by atoms with Gasteiger partial charge in [0, 0.05) is 0 Å². The zero-order chi connectivity index (χ0) is 10.1. The normalized spacial score (nSPS) is 25.0. The second-order valence-electron chi connectivity index (χ2n) is 4.17. The number of halogens is 1. The zero-order valence-corrected chi connectivity index (χ0v) is 8.46. The van der Waals surface area contributed by atoms with E-state index in [1.807, 2.05) is 6.07 Å². The van der Waals surface area contributed by atoms with Crippen LogP contribution < -0.4 is 5.46 Å². The van der Waals surface area contributed by atoms with E-state index >= 15 is 0 Å². The van der Waals surface area contributed by atoms with Crippen LogP contribution in [0, 0.1) is 11.7 Å². The van der Waals surface area contributed by atoms with Gasteiger partial charge in [-0.3, -0.25) is 0 Å². The van der Waals surface area contributed by atoms with Crippen LogP contribution in [-0.4, -0.2) is 7.85 Å². The van der Waals surface area contributed by atoms with E-state index in [1.54, 1.807) is 6.07 Å². The highest BCUT2D eigenvalue weighted by atomic mass is 19.1. The van der Waals surface area contributed by atoms with Crippen molar-refractivity contribution in [2.75, 3.05) is 0 Å². The van der Waals surface area contributed by atoms with Crippen LogP contribution in [-0.2, 0) is 0 Å². The number of benzene rings is 1. The molecule has 0 bridgehead atoms. The largest absolute Gasteiger partial charge is 0.207 e. The maximum atomic E-state index is 13.5. The smallest absolute Gasteiger partial charge is 0.126 e. The van der Waals surface area contributed by atoms with Crippen LogP contribution in [0.2, 0.25) is 0 Å². The predicted molar refractivity (Wildman–Crippen MR) is 57.5 cm³/mol. The summed E-state index contributed by atoms with van der Waals surface area (Å²) in [6, 6.07) is 5.06. The molecule has 1 aliphatic rings. The average Bonchev–Trinajstić information content (AvgIpc) is 2.84. The standard InChI is InChI=1S/C12H14BF/c1-2-3-8-6-11(8)10-5-4-9(13)7-12(10)14/h4-5,7-8,11H,2-3,6H2,1H3. The van der Waals surface area contributed by atoms with E-state index < -0.39 is 0 Å². The minimum absolute atomic E-state index is 0.131. The van der Waals surface area contributed by atoms with Crippen molar-refractivity contribution in [1.82, 2.24) is 0 Å². The molecule has 1 aromatic rings.